The molecule has 28 heavy (non-hydrogen) atoms. The molecule has 0 radical (unpaired) electrons. The molecule has 0 unspecified atom stereocenters. The van der Waals surface area contributed by atoms with Crippen LogP contribution < -0.4 is 10.6 Å². The van der Waals surface area contributed by atoms with Crippen LogP contribution in [0.5, 0.6) is 0 Å². The molecule has 1 fully saturated rings. The van der Waals surface area contributed by atoms with Crippen molar-refractivity contribution < 1.29 is 19.2 Å². The van der Waals surface area contributed by atoms with Gasteiger partial charge < -0.3 is 15.5 Å². The van der Waals surface area contributed by atoms with Crippen LogP contribution in [-0.2, 0) is 14.4 Å². The lowest BCUT2D eigenvalue weighted by molar-refractivity contribution is -0.134. The highest BCUT2D eigenvalue weighted by Crippen LogP contribution is 2.25. The van der Waals surface area contributed by atoms with Gasteiger partial charge in [-0.25, -0.2) is 4.79 Å². The van der Waals surface area contributed by atoms with Crippen LogP contribution in [0.4, 0.5) is 10.5 Å². The van der Waals surface area contributed by atoms with Crippen molar-refractivity contribution in [3.63, 3.8) is 0 Å². The Morgan fingerprint density at radius 2 is 1.89 bits per heavy atom. The fourth-order valence-electron chi connectivity index (χ4n) is 2.68. The molecule has 2 rings (SSSR count). The summed E-state index contributed by atoms with van der Waals surface area (Å²) in [7, 11) is 1.51. The summed E-state index contributed by atoms with van der Waals surface area (Å²) in [5.74, 6) is -0.972. The normalized spacial score (nSPS) is 15.4. The molecule has 0 atom stereocenters. The first-order chi connectivity index (χ1) is 13.0. The van der Waals surface area contributed by atoms with E-state index in [-0.39, 0.29) is 37.2 Å². The fraction of sp³-hybridized carbons (Fsp3) is 0.444. The number of hydrogen-bond donors (Lipinski definition) is 2. The molecular formula is C18H22Cl2N4O4. The topological polar surface area (TPSA) is 98.8 Å². The lowest BCUT2D eigenvalue weighted by atomic mass is 10.1. The van der Waals surface area contributed by atoms with E-state index in [9.17, 15) is 19.2 Å². The van der Waals surface area contributed by atoms with Crippen LogP contribution in [0.25, 0.3) is 0 Å². The minimum Gasteiger partial charge on any atom is -0.336 e. The first kappa shape index (κ1) is 22.0. The predicted molar refractivity (Wildman–Crippen MR) is 106 cm³/mol. The maximum absolute atomic E-state index is 12.2. The van der Waals surface area contributed by atoms with Crippen LogP contribution in [0, 0.1) is 0 Å². The van der Waals surface area contributed by atoms with Gasteiger partial charge in [-0.1, -0.05) is 23.2 Å². The molecule has 10 heteroatoms. The highest BCUT2D eigenvalue weighted by molar-refractivity contribution is 6.42. The molecule has 0 bridgehead atoms. The fourth-order valence-corrected chi connectivity index (χ4v) is 2.98. The Bertz CT molecular complexity index is 813. The summed E-state index contributed by atoms with van der Waals surface area (Å²) >= 11 is 11.7. The first-order valence-corrected chi connectivity index (χ1v) is 9.40. The van der Waals surface area contributed by atoms with Gasteiger partial charge in [-0.05, 0) is 38.5 Å². The Balaban J connectivity index is 1.78. The van der Waals surface area contributed by atoms with Crippen molar-refractivity contribution in [1.82, 2.24) is 15.1 Å². The third-order valence-electron chi connectivity index (χ3n) is 4.23. The molecule has 1 aliphatic heterocycles. The number of amides is 5. The van der Waals surface area contributed by atoms with Crippen molar-refractivity contribution >= 4 is 52.6 Å². The van der Waals surface area contributed by atoms with Gasteiger partial charge in [0.2, 0.25) is 11.8 Å². The maximum atomic E-state index is 12.2. The largest absolute Gasteiger partial charge is 0.336 e. The number of hydrogen-bond acceptors (Lipinski definition) is 4. The number of rotatable bonds is 7. The number of urea groups is 1. The number of halogens is 2. The highest BCUT2D eigenvalue weighted by Gasteiger charge is 2.43. The average Bonchev–Trinajstić information content (AvgIpc) is 2.79. The lowest BCUT2D eigenvalue weighted by Crippen LogP contribution is -2.40. The second kappa shape index (κ2) is 8.79. The molecule has 0 spiro atoms. The van der Waals surface area contributed by atoms with E-state index in [0.29, 0.717) is 22.2 Å². The number of imide groups is 1. The number of carbonyl (C=O) groups excluding carboxylic acids is 4. The van der Waals surface area contributed by atoms with Gasteiger partial charge in [0.05, 0.1) is 16.6 Å². The molecular weight excluding hydrogens is 407 g/mol. The molecule has 1 saturated heterocycles. The first-order valence-electron chi connectivity index (χ1n) is 8.64. The molecule has 1 heterocycles. The highest BCUT2D eigenvalue weighted by atomic mass is 35.5. The van der Waals surface area contributed by atoms with Gasteiger partial charge in [0, 0.05) is 25.7 Å². The van der Waals surface area contributed by atoms with Crippen molar-refractivity contribution in [2.45, 2.75) is 32.2 Å². The quantitative estimate of drug-likeness (QED) is 0.651. The third kappa shape index (κ3) is 5.36. The number of nitrogens with zero attached hydrogens (tertiary/aromatic N) is 2. The van der Waals surface area contributed by atoms with Crippen LogP contribution in [0.3, 0.4) is 0 Å². The van der Waals surface area contributed by atoms with Crippen molar-refractivity contribution in [3.05, 3.63) is 28.2 Å². The minimum absolute atomic E-state index is 0.105. The van der Waals surface area contributed by atoms with E-state index in [1.165, 1.54) is 18.0 Å². The number of nitrogens with one attached hydrogen (secondary N) is 2. The zero-order valence-corrected chi connectivity index (χ0v) is 17.4. The van der Waals surface area contributed by atoms with Gasteiger partial charge in [-0.15, -0.1) is 0 Å². The van der Waals surface area contributed by atoms with Crippen molar-refractivity contribution in [1.29, 1.82) is 0 Å². The molecule has 0 aromatic heterocycles. The zero-order valence-electron chi connectivity index (χ0n) is 15.8. The van der Waals surface area contributed by atoms with Crippen LogP contribution in [0.1, 0.15) is 26.7 Å². The van der Waals surface area contributed by atoms with Gasteiger partial charge >= 0.3 is 6.03 Å². The zero-order chi connectivity index (χ0) is 21.1. The van der Waals surface area contributed by atoms with E-state index in [0.717, 1.165) is 4.90 Å². The Morgan fingerprint density at radius 3 is 2.46 bits per heavy atom. The smallest absolute Gasteiger partial charge is 0.325 e. The van der Waals surface area contributed by atoms with Crippen LogP contribution in [-0.4, -0.2) is 59.2 Å². The van der Waals surface area contributed by atoms with E-state index >= 15 is 0 Å². The molecule has 0 aliphatic carbocycles. The van der Waals surface area contributed by atoms with E-state index in [4.69, 9.17) is 23.2 Å². The third-order valence-corrected chi connectivity index (χ3v) is 4.97. The molecule has 1 aliphatic rings. The number of benzene rings is 1. The van der Waals surface area contributed by atoms with Crippen LogP contribution >= 0.6 is 23.2 Å². The summed E-state index contributed by atoms with van der Waals surface area (Å²) in [4.78, 5) is 50.5. The predicted octanol–water partition coefficient (Wildman–Crippen LogP) is 2.50. The Kier molecular flexibility index (Phi) is 6.90. The van der Waals surface area contributed by atoms with Gasteiger partial charge in [-0.2, -0.15) is 0 Å². The Labute approximate surface area is 173 Å². The van der Waals surface area contributed by atoms with E-state index < -0.39 is 11.6 Å². The molecule has 5 amide bonds. The van der Waals surface area contributed by atoms with Gasteiger partial charge in [-0.3, -0.25) is 19.3 Å². The average molecular weight is 429 g/mol. The van der Waals surface area contributed by atoms with E-state index in [1.54, 1.807) is 26.0 Å². The summed E-state index contributed by atoms with van der Waals surface area (Å²) in [6.45, 7) is 3.25. The lowest BCUT2D eigenvalue weighted by Gasteiger charge is -2.18. The summed E-state index contributed by atoms with van der Waals surface area (Å²) in [5.41, 5.74) is -0.456. The van der Waals surface area contributed by atoms with E-state index in [2.05, 4.69) is 10.6 Å². The maximum Gasteiger partial charge on any atom is 0.325 e. The molecule has 2 N–H and O–H groups in total. The number of carbonyl (C=O) groups is 4. The molecule has 8 nitrogen and oxygen atoms in total. The van der Waals surface area contributed by atoms with Crippen LogP contribution in [0.2, 0.25) is 10.0 Å². The van der Waals surface area contributed by atoms with Crippen molar-refractivity contribution in [2.75, 3.05) is 25.5 Å². The molecule has 1 aromatic carbocycles. The summed E-state index contributed by atoms with van der Waals surface area (Å²) in [6, 6.07) is 4.22. The number of likely N-dealkylation sites (N-methyl/N-ethyl adjacent to an activating group) is 1. The summed E-state index contributed by atoms with van der Waals surface area (Å²) in [5, 5.41) is 5.91. The molecule has 1 aromatic rings. The van der Waals surface area contributed by atoms with Crippen molar-refractivity contribution in [3.8, 4) is 0 Å². The SMILES string of the molecule is CN(CC(=O)Nc1ccc(Cl)c(Cl)c1)C(=O)CCCN1C(=O)NC(C)(C)C1=O. The van der Waals surface area contributed by atoms with Crippen molar-refractivity contribution in [2.24, 2.45) is 0 Å². The molecule has 0 saturated carbocycles. The number of anilines is 1. The van der Waals surface area contributed by atoms with Crippen LogP contribution in [0.15, 0.2) is 18.2 Å². The Hall–Kier alpha value is -2.32. The summed E-state index contributed by atoms with van der Waals surface area (Å²) < 4.78 is 0. The van der Waals surface area contributed by atoms with Gasteiger partial charge in [0.25, 0.3) is 5.91 Å². The molecule has 152 valence electrons. The van der Waals surface area contributed by atoms with Gasteiger partial charge in [0.15, 0.2) is 0 Å². The second-order valence-corrected chi connectivity index (χ2v) is 7.86. The monoisotopic (exact) mass is 428 g/mol. The minimum atomic E-state index is -0.930. The standard InChI is InChI=1S/C18H22Cl2N4O4/c1-18(2)16(27)24(17(28)22-18)8-4-5-15(26)23(3)10-14(25)21-11-6-7-12(19)13(20)9-11/h6-7,9H,4-5,8,10H2,1-3H3,(H,21,25)(H,22,28). The summed E-state index contributed by atoms with van der Waals surface area (Å²) in [6.07, 6.45) is 0.418. The Morgan fingerprint density at radius 1 is 1.21 bits per heavy atom. The second-order valence-electron chi connectivity index (χ2n) is 7.04. The van der Waals surface area contributed by atoms with E-state index in [1.807, 2.05) is 0 Å². The van der Waals surface area contributed by atoms with Gasteiger partial charge in [0.1, 0.15) is 5.54 Å².